The van der Waals surface area contributed by atoms with Crippen molar-refractivity contribution in [1.29, 1.82) is 5.26 Å². The van der Waals surface area contributed by atoms with Gasteiger partial charge in [0, 0.05) is 18.3 Å². The SMILES string of the molecule is CCOc1ccc(S(=O)(=O)Nc2cccc(C(=O)NC)c2)cc1C#N. The zero-order valence-corrected chi connectivity index (χ0v) is 14.6. The first-order valence-electron chi connectivity index (χ1n) is 7.43. The first-order chi connectivity index (χ1) is 11.9. The Balaban J connectivity index is 2.34. The van der Waals surface area contributed by atoms with E-state index in [4.69, 9.17) is 10.00 Å². The monoisotopic (exact) mass is 359 g/mol. The molecule has 0 radical (unpaired) electrons. The molecule has 0 unspecified atom stereocenters. The fourth-order valence-electron chi connectivity index (χ4n) is 2.13. The smallest absolute Gasteiger partial charge is 0.261 e. The van der Waals surface area contributed by atoms with Gasteiger partial charge in [0.2, 0.25) is 0 Å². The number of ether oxygens (including phenoxy) is 1. The average Bonchev–Trinajstić information content (AvgIpc) is 2.61. The highest BCUT2D eigenvalue weighted by atomic mass is 32.2. The van der Waals surface area contributed by atoms with Crippen LogP contribution in [0, 0.1) is 11.3 Å². The van der Waals surface area contributed by atoms with Crippen LogP contribution < -0.4 is 14.8 Å². The van der Waals surface area contributed by atoms with Crippen LogP contribution in [0.5, 0.6) is 5.75 Å². The molecule has 0 aliphatic carbocycles. The van der Waals surface area contributed by atoms with Gasteiger partial charge in [-0.3, -0.25) is 9.52 Å². The summed E-state index contributed by atoms with van der Waals surface area (Å²) in [4.78, 5) is 11.6. The average molecular weight is 359 g/mol. The molecule has 0 saturated heterocycles. The van der Waals surface area contributed by atoms with Crippen LogP contribution in [-0.4, -0.2) is 28.0 Å². The molecule has 0 aromatic heterocycles. The number of benzene rings is 2. The Morgan fingerprint density at radius 1 is 1.24 bits per heavy atom. The molecule has 0 spiro atoms. The van der Waals surface area contributed by atoms with Crippen LogP contribution in [0.4, 0.5) is 5.69 Å². The fraction of sp³-hybridized carbons (Fsp3) is 0.176. The Morgan fingerprint density at radius 2 is 2.00 bits per heavy atom. The second-order valence-corrected chi connectivity index (χ2v) is 6.65. The number of hydrogen-bond donors (Lipinski definition) is 2. The molecule has 2 aromatic rings. The number of rotatable bonds is 6. The van der Waals surface area contributed by atoms with Crippen LogP contribution in [0.25, 0.3) is 0 Å². The van der Waals surface area contributed by atoms with Crippen molar-refractivity contribution in [2.24, 2.45) is 0 Å². The molecule has 0 heterocycles. The summed E-state index contributed by atoms with van der Waals surface area (Å²) >= 11 is 0. The molecule has 130 valence electrons. The zero-order valence-electron chi connectivity index (χ0n) is 13.7. The summed E-state index contributed by atoms with van der Waals surface area (Å²) in [5, 5.41) is 11.6. The second-order valence-electron chi connectivity index (χ2n) is 4.97. The van der Waals surface area contributed by atoms with Crippen molar-refractivity contribution in [2.45, 2.75) is 11.8 Å². The van der Waals surface area contributed by atoms with Gasteiger partial charge in [0.1, 0.15) is 11.8 Å². The maximum absolute atomic E-state index is 12.5. The van der Waals surface area contributed by atoms with Gasteiger partial charge >= 0.3 is 0 Å². The van der Waals surface area contributed by atoms with Crippen LogP contribution in [0.3, 0.4) is 0 Å². The predicted molar refractivity (Wildman–Crippen MR) is 93.0 cm³/mol. The minimum atomic E-state index is -3.92. The summed E-state index contributed by atoms with van der Waals surface area (Å²) in [6.45, 7) is 2.14. The standard InChI is InChI=1S/C17H17N3O4S/c1-3-24-16-8-7-15(10-13(16)11-18)25(22,23)20-14-6-4-5-12(9-14)17(21)19-2/h4-10,20H,3H2,1-2H3,(H,19,21). The highest BCUT2D eigenvalue weighted by Gasteiger charge is 2.17. The number of sulfonamides is 1. The highest BCUT2D eigenvalue weighted by Crippen LogP contribution is 2.24. The highest BCUT2D eigenvalue weighted by molar-refractivity contribution is 7.92. The van der Waals surface area contributed by atoms with E-state index in [-0.39, 0.29) is 22.1 Å². The molecule has 2 aromatic carbocycles. The third-order valence-corrected chi connectivity index (χ3v) is 4.66. The summed E-state index contributed by atoms with van der Waals surface area (Å²) in [7, 11) is -2.43. The number of amides is 1. The molecule has 25 heavy (non-hydrogen) atoms. The lowest BCUT2D eigenvalue weighted by Crippen LogP contribution is -2.18. The van der Waals surface area contributed by atoms with Gasteiger partial charge in [-0.1, -0.05) is 6.07 Å². The predicted octanol–water partition coefficient (Wildman–Crippen LogP) is 2.12. The van der Waals surface area contributed by atoms with Crippen LogP contribution in [-0.2, 0) is 10.0 Å². The lowest BCUT2D eigenvalue weighted by Gasteiger charge is -2.11. The third-order valence-electron chi connectivity index (χ3n) is 3.29. The van der Waals surface area contributed by atoms with Gasteiger partial charge in [-0.05, 0) is 43.3 Å². The van der Waals surface area contributed by atoms with Crippen LogP contribution >= 0.6 is 0 Å². The lowest BCUT2D eigenvalue weighted by atomic mass is 10.2. The number of nitrogens with one attached hydrogen (secondary N) is 2. The summed E-state index contributed by atoms with van der Waals surface area (Å²) < 4.78 is 32.7. The number of carbonyl (C=O) groups excluding carboxylic acids is 1. The Kier molecular flexibility index (Phi) is 5.62. The molecule has 0 fully saturated rings. The van der Waals surface area contributed by atoms with Gasteiger partial charge in [0.05, 0.1) is 17.1 Å². The van der Waals surface area contributed by atoms with E-state index in [2.05, 4.69) is 10.0 Å². The molecule has 0 bridgehead atoms. The Bertz CT molecular complexity index is 933. The molecular weight excluding hydrogens is 342 g/mol. The zero-order chi connectivity index (χ0) is 18.4. The molecule has 2 N–H and O–H groups in total. The van der Waals surface area contributed by atoms with Gasteiger partial charge in [-0.15, -0.1) is 0 Å². The van der Waals surface area contributed by atoms with E-state index in [0.717, 1.165) is 0 Å². The molecule has 0 aliphatic rings. The molecule has 2 rings (SSSR count). The molecule has 0 aliphatic heterocycles. The number of hydrogen-bond acceptors (Lipinski definition) is 5. The number of carbonyl (C=O) groups is 1. The van der Waals surface area contributed by atoms with Gasteiger partial charge in [0.25, 0.3) is 15.9 Å². The second kappa shape index (κ2) is 7.68. The van der Waals surface area contributed by atoms with E-state index >= 15 is 0 Å². The molecular formula is C17H17N3O4S. The third kappa shape index (κ3) is 4.28. The fourth-order valence-corrected chi connectivity index (χ4v) is 3.20. The summed E-state index contributed by atoms with van der Waals surface area (Å²) in [5.41, 5.74) is 0.699. The van der Waals surface area contributed by atoms with Crippen molar-refractivity contribution in [3.05, 3.63) is 53.6 Å². The number of nitriles is 1. The summed E-state index contributed by atoms with van der Waals surface area (Å²) in [6.07, 6.45) is 0. The van der Waals surface area contributed by atoms with E-state index in [9.17, 15) is 13.2 Å². The number of nitrogens with zero attached hydrogens (tertiary/aromatic N) is 1. The molecule has 0 saturated carbocycles. The molecule has 1 amide bonds. The minimum Gasteiger partial charge on any atom is -0.492 e. The van der Waals surface area contributed by atoms with Gasteiger partial charge in [-0.2, -0.15) is 5.26 Å². The van der Waals surface area contributed by atoms with Crippen molar-refractivity contribution in [3.63, 3.8) is 0 Å². The quantitative estimate of drug-likeness (QED) is 0.821. The van der Waals surface area contributed by atoms with Gasteiger partial charge in [0.15, 0.2) is 0 Å². The first-order valence-corrected chi connectivity index (χ1v) is 8.91. The Hall–Kier alpha value is -3.05. The first kappa shape index (κ1) is 18.3. The molecule has 0 atom stereocenters. The largest absolute Gasteiger partial charge is 0.492 e. The maximum atomic E-state index is 12.5. The van der Waals surface area contributed by atoms with E-state index in [0.29, 0.717) is 17.9 Å². The van der Waals surface area contributed by atoms with Crippen LogP contribution in [0.1, 0.15) is 22.8 Å². The normalized spacial score (nSPS) is 10.6. The maximum Gasteiger partial charge on any atom is 0.261 e. The van der Waals surface area contributed by atoms with Gasteiger partial charge in [-0.25, -0.2) is 8.42 Å². The van der Waals surface area contributed by atoms with Crippen molar-refractivity contribution in [2.75, 3.05) is 18.4 Å². The molecule has 8 heteroatoms. The van der Waals surface area contributed by atoms with Crippen molar-refractivity contribution < 1.29 is 17.9 Å². The minimum absolute atomic E-state index is 0.0714. The topological polar surface area (TPSA) is 108 Å². The van der Waals surface area contributed by atoms with Crippen molar-refractivity contribution in [1.82, 2.24) is 5.32 Å². The molecule has 7 nitrogen and oxygen atoms in total. The summed E-state index contributed by atoms with van der Waals surface area (Å²) in [6, 6.07) is 12.1. The summed E-state index contributed by atoms with van der Waals surface area (Å²) in [5.74, 6) is -0.000513. The van der Waals surface area contributed by atoms with Crippen LogP contribution in [0.15, 0.2) is 47.4 Å². The van der Waals surface area contributed by atoms with Crippen molar-refractivity contribution in [3.8, 4) is 11.8 Å². The van der Waals surface area contributed by atoms with Crippen molar-refractivity contribution >= 4 is 21.6 Å². The van der Waals surface area contributed by atoms with E-state index in [1.54, 1.807) is 19.1 Å². The van der Waals surface area contributed by atoms with E-state index < -0.39 is 10.0 Å². The van der Waals surface area contributed by atoms with Crippen LogP contribution in [0.2, 0.25) is 0 Å². The van der Waals surface area contributed by atoms with E-state index in [1.165, 1.54) is 37.4 Å². The van der Waals surface area contributed by atoms with Gasteiger partial charge < -0.3 is 10.1 Å². The number of anilines is 1. The van der Waals surface area contributed by atoms with E-state index in [1.807, 2.05) is 6.07 Å². The lowest BCUT2D eigenvalue weighted by molar-refractivity contribution is 0.0963. The Labute approximate surface area is 146 Å². The Morgan fingerprint density at radius 3 is 2.64 bits per heavy atom.